The predicted octanol–water partition coefficient (Wildman–Crippen LogP) is 0.816. The highest BCUT2D eigenvalue weighted by atomic mass is 16.3. The summed E-state index contributed by atoms with van der Waals surface area (Å²) in [6.45, 7) is 0. The average Bonchev–Trinajstić information content (AvgIpc) is 2.82. The predicted molar refractivity (Wildman–Crippen MR) is 42.2 cm³/mol. The Balaban J connectivity index is 2.51. The van der Waals surface area contributed by atoms with Crippen molar-refractivity contribution in [2.24, 2.45) is 7.05 Å². The molecular weight excluding hydrogens is 156 g/mol. The quantitative estimate of drug-likeness (QED) is 0.661. The van der Waals surface area contributed by atoms with Crippen molar-refractivity contribution in [1.82, 2.24) is 9.78 Å². The van der Waals surface area contributed by atoms with Gasteiger partial charge in [-0.05, 0) is 12.8 Å². The van der Waals surface area contributed by atoms with Crippen LogP contribution in [0, 0.1) is 0 Å². The zero-order valence-corrected chi connectivity index (χ0v) is 6.82. The van der Waals surface area contributed by atoms with Gasteiger partial charge in [0.25, 0.3) is 0 Å². The van der Waals surface area contributed by atoms with Crippen molar-refractivity contribution in [1.29, 1.82) is 0 Å². The van der Waals surface area contributed by atoms with E-state index in [1.807, 2.05) is 0 Å². The van der Waals surface area contributed by atoms with Crippen molar-refractivity contribution in [2.45, 2.75) is 18.8 Å². The van der Waals surface area contributed by atoms with Crippen molar-refractivity contribution < 1.29 is 9.90 Å². The summed E-state index contributed by atoms with van der Waals surface area (Å²) in [5.41, 5.74) is 1.12. The molecule has 0 aliphatic heterocycles. The van der Waals surface area contributed by atoms with Crippen molar-refractivity contribution in [3.63, 3.8) is 0 Å². The van der Waals surface area contributed by atoms with Gasteiger partial charge in [0.1, 0.15) is 0 Å². The first-order chi connectivity index (χ1) is 5.74. The van der Waals surface area contributed by atoms with Crippen LogP contribution in [-0.2, 0) is 7.05 Å². The number of nitrogens with zero attached hydrogens (tertiary/aromatic N) is 2. The summed E-state index contributed by atoms with van der Waals surface area (Å²) in [5.74, 6) is 0.379. The van der Waals surface area contributed by atoms with Gasteiger partial charge in [-0.15, -0.1) is 0 Å². The van der Waals surface area contributed by atoms with Gasteiger partial charge >= 0.3 is 0 Å². The SMILES string of the molecule is Cn1nc(C2CC2)c(C=O)c1O. The fraction of sp³-hybridized carbons (Fsp3) is 0.500. The van der Waals surface area contributed by atoms with Gasteiger partial charge < -0.3 is 5.11 Å². The summed E-state index contributed by atoms with van der Waals surface area (Å²) in [5, 5.41) is 13.4. The van der Waals surface area contributed by atoms with Gasteiger partial charge in [-0.3, -0.25) is 4.79 Å². The summed E-state index contributed by atoms with van der Waals surface area (Å²) in [6, 6.07) is 0. The molecule has 1 saturated carbocycles. The molecule has 2 rings (SSSR count). The van der Waals surface area contributed by atoms with Crippen molar-refractivity contribution >= 4 is 6.29 Å². The van der Waals surface area contributed by atoms with Crippen LogP contribution in [0.4, 0.5) is 0 Å². The van der Waals surface area contributed by atoms with Gasteiger partial charge in [0, 0.05) is 13.0 Å². The zero-order valence-electron chi connectivity index (χ0n) is 6.82. The molecule has 0 unspecified atom stereocenters. The maximum Gasteiger partial charge on any atom is 0.220 e. The summed E-state index contributed by atoms with van der Waals surface area (Å²) < 4.78 is 1.34. The van der Waals surface area contributed by atoms with E-state index in [9.17, 15) is 9.90 Å². The van der Waals surface area contributed by atoms with E-state index in [0.717, 1.165) is 18.5 Å². The summed E-state index contributed by atoms with van der Waals surface area (Å²) in [4.78, 5) is 10.6. The van der Waals surface area contributed by atoms with E-state index in [1.54, 1.807) is 7.05 Å². The molecular formula is C8H10N2O2. The van der Waals surface area contributed by atoms with E-state index in [1.165, 1.54) is 4.68 Å². The Bertz CT molecular complexity index is 326. The second kappa shape index (κ2) is 2.33. The Labute approximate surface area is 69.8 Å². The molecule has 0 radical (unpaired) electrons. The van der Waals surface area contributed by atoms with Crippen molar-refractivity contribution in [3.8, 4) is 5.88 Å². The molecule has 0 bridgehead atoms. The number of carbonyl (C=O) groups excluding carboxylic acids is 1. The Morgan fingerprint density at radius 1 is 1.67 bits per heavy atom. The molecule has 0 aromatic carbocycles. The molecule has 0 atom stereocenters. The molecule has 1 N–H and O–H groups in total. The standard InChI is InChI=1S/C8H10N2O2/c1-10-8(12)6(4-11)7(9-10)5-2-3-5/h4-5,12H,2-3H2,1H3. The molecule has 0 amide bonds. The van der Waals surface area contributed by atoms with Crippen molar-refractivity contribution in [2.75, 3.05) is 0 Å². The highest BCUT2D eigenvalue weighted by Crippen LogP contribution is 2.42. The molecule has 1 aromatic heterocycles. The fourth-order valence-corrected chi connectivity index (χ4v) is 1.32. The lowest BCUT2D eigenvalue weighted by Gasteiger charge is -1.89. The Hall–Kier alpha value is -1.32. The molecule has 0 saturated heterocycles. The van der Waals surface area contributed by atoms with Gasteiger partial charge in [-0.2, -0.15) is 5.10 Å². The molecule has 1 aliphatic carbocycles. The molecule has 1 heterocycles. The fourth-order valence-electron chi connectivity index (χ4n) is 1.32. The molecule has 1 aromatic rings. The normalized spacial score (nSPS) is 16.4. The zero-order chi connectivity index (χ0) is 8.72. The Kier molecular flexibility index (Phi) is 1.43. The number of hydrogen-bond acceptors (Lipinski definition) is 3. The van der Waals surface area contributed by atoms with E-state index in [-0.39, 0.29) is 5.88 Å². The average molecular weight is 166 g/mol. The molecule has 4 heteroatoms. The lowest BCUT2D eigenvalue weighted by molar-refractivity contribution is 0.112. The monoisotopic (exact) mass is 166 g/mol. The van der Waals surface area contributed by atoms with Gasteiger partial charge in [-0.25, -0.2) is 4.68 Å². The lowest BCUT2D eigenvalue weighted by Crippen LogP contribution is -1.90. The molecule has 64 valence electrons. The molecule has 12 heavy (non-hydrogen) atoms. The number of aromatic nitrogens is 2. The lowest BCUT2D eigenvalue weighted by atomic mass is 10.2. The van der Waals surface area contributed by atoms with Gasteiger partial charge in [0.15, 0.2) is 6.29 Å². The van der Waals surface area contributed by atoms with Crippen LogP contribution in [-0.4, -0.2) is 21.2 Å². The number of aryl methyl sites for hydroxylation is 1. The second-order valence-corrected chi connectivity index (χ2v) is 3.14. The van der Waals surface area contributed by atoms with Crippen LogP contribution < -0.4 is 0 Å². The third-order valence-electron chi connectivity index (χ3n) is 2.16. The van der Waals surface area contributed by atoms with Gasteiger partial charge in [0.05, 0.1) is 11.3 Å². The minimum atomic E-state index is -0.0214. The topological polar surface area (TPSA) is 55.1 Å². The van der Waals surface area contributed by atoms with E-state index in [2.05, 4.69) is 5.10 Å². The first-order valence-electron chi connectivity index (χ1n) is 3.95. The van der Waals surface area contributed by atoms with Crippen LogP contribution in [0.15, 0.2) is 0 Å². The van der Waals surface area contributed by atoms with E-state index in [0.29, 0.717) is 17.8 Å². The summed E-state index contributed by atoms with van der Waals surface area (Å²) >= 11 is 0. The Morgan fingerprint density at radius 3 is 2.83 bits per heavy atom. The third-order valence-corrected chi connectivity index (χ3v) is 2.16. The third kappa shape index (κ3) is 0.913. The highest BCUT2D eigenvalue weighted by Gasteiger charge is 2.31. The number of carbonyl (C=O) groups is 1. The minimum absolute atomic E-state index is 0.0214. The molecule has 1 aliphatic rings. The van der Waals surface area contributed by atoms with Crippen LogP contribution in [0.2, 0.25) is 0 Å². The van der Waals surface area contributed by atoms with Crippen LogP contribution in [0.5, 0.6) is 5.88 Å². The Morgan fingerprint density at radius 2 is 2.33 bits per heavy atom. The number of aromatic hydroxyl groups is 1. The second-order valence-electron chi connectivity index (χ2n) is 3.14. The van der Waals surface area contributed by atoms with Crippen molar-refractivity contribution in [3.05, 3.63) is 11.3 Å². The van der Waals surface area contributed by atoms with Crippen LogP contribution in [0.1, 0.15) is 34.8 Å². The van der Waals surface area contributed by atoms with E-state index in [4.69, 9.17) is 0 Å². The summed E-state index contributed by atoms with van der Waals surface area (Å²) in [6.07, 6.45) is 2.84. The maximum atomic E-state index is 10.6. The smallest absolute Gasteiger partial charge is 0.220 e. The van der Waals surface area contributed by atoms with E-state index < -0.39 is 0 Å². The van der Waals surface area contributed by atoms with Crippen LogP contribution in [0.25, 0.3) is 0 Å². The number of rotatable bonds is 2. The number of hydrogen-bond donors (Lipinski definition) is 1. The summed E-state index contributed by atoms with van der Waals surface area (Å²) in [7, 11) is 1.63. The first-order valence-corrected chi connectivity index (χ1v) is 3.95. The molecule has 1 fully saturated rings. The maximum absolute atomic E-state index is 10.6. The molecule has 0 spiro atoms. The highest BCUT2D eigenvalue weighted by molar-refractivity contribution is 5.80. The van der Waals surface area contributed by atoms with E-state index >= 15 is 0 Å². The largest absolute Gasteiger partial charge is 0.493 e. The number of aldehydes is 1. The van der Waals surface area contributed by atoms with Gasteiger partial charge in [-0.1, -0.05) is 0 Å². The van der Waals surface area contributed by atoms with Crippen LogP contribution in [0.3, 0.4) is 0 Å². The minimum Gasteiger partial charge on any atom is -0.493 e. The van der Waals surface area contributed by atoms with Crippen LogP contribution >= 0.6 is 0 Å². The van der Waals surface area contributed by atoms with Gasteiger partial charge in [0.2, 0.25) is 5.88 Å². The molecule has 4 nitrogen and oxygen atoms in total. The first kappa shape index (κ1) is 7.34.